The zero-order chi connectivity index (χ0) is 21.8. The van der Waals surface area contributed by atoms with Gasteiger partial charge in [0.15, 0.2) is 5.16 Å². The van der Waals surface area contributed by atoms with Crippen molar-refractivity contribution in [3.05, 3.63) is 57.3 Å². The van der Waals surface area contributed by atoms with Crippen LogP contribution in [0.2, 0.25) is 0 Å². The van der Waals surface area contributed by atoms with Crippen molar-refractivity contribution in [1.82, 2.24) is 19.4 Å². The average Bonchev–Trinajstić information content (AvgIpc) is 2.75. The number of thioether (sulfide) groups is 1. The van der Waals surface area contributed by atoms with E-state index >= 15 is 0 Å². The number of carbonyl (C=O) groups is 1. The van der Waals surface area contributed by atoms with E-state index in [1.54, 1.807) is 26.1 Å². The Labute approximate surface area is 181 Å². The molecular weight excluding hydrogens is 403 g/mol. The normalized spacial score (nSPS) is 16.0. The third kappa shape index (κ3) is 5.10. The van der Waals surface area contributed by atoms with E-state index in [9.17, 15) is 14.0 Å². The van der Waals surface area contributed by atoms with Gasteiger partial charge in [0.2, 0.25) is 5.91 Å². The summed E-state index contributed by atoms with van der Waals surface area (Å²) in [7, 11) is 1.68. The first-order valence-electron chi connectivity index (χ1n) is 10.3. The summed E-state index contributed by atoms with van der Waals surface area (Å²) < 4.78 is 14.7. The van der Waals surface area contributed by atoms with Crippen molar-refractivity contribution in [2.24, 2.45) is 7.05 Å². The summed E-state index contributed by atoms with van der Waals surface area (Å²) in [6.45, 7) is 10.1. The van der Waals surface area contributed by atoms with E-state index in [0.29, 0.717) is 22.8 Å². The topological polar surface area (TPSA) is 58.4 Å². The van der Waals surface area contributed by atoms with Crippen molar-refractivity contribution in [2.75, 3.05) is 32.7 Å². The van der Waals surface area contributed by atoms with Crippen LogP contribution in [0.15, 0.2) is 34.2 Å². The molecule has 1 aliphatic heterocycles. The zero-order valence-electron chi connectivity index (χ0n) is 18.0. The molecule has 1 aromatic carbocycles. The fraction of sp³-hybridized carbons (Fsp3) is 0.500. The third-order valence-electron chi connectivity index (χ3n) is 5.61. The number of halogens is 1. The van der Waals surface area contributed by atoms with Crippen LogP contribution in [0, 0.1) is 12.7 Å². The van der Waals surface area contributed by atoms with Crippen molar-refractivity contribution in [2.45, 2.75) is 37.6 Å². The first kappa shape index (κ1) is 22.5. The van der Waals surface area contributed by atoms with Crippen LogP contribution in [0.5, 0.6) is 0 Å². The molecule has 1 saturated heterocycles. The molecule has 1 aromatic heterocycles. The molecule has 6 nitrogen and oxygen atoms in total. The number of hydrogen-bond acceptors (Lipinski definition) is 5. The summed E-state index contributed by atoms with van der Waals surface area (Å²) in [5, 5.41) is 0.215. The Morgan fingerprint density at radius 2 is 1.83 bits per heavy atom. The molecule has 0 radical (unpaired) electrons. The monoisotopic (exact) mass is 432 g/mol. The smallest absolute Gasteiger partial charge is 0.257 e. The molecule has 162 valence electrons. The molecular formula is C22H29FN4O2S. The molecule has 2 heterocycles. The number of benzene rings is 1. The quantitative estimate of drug-likeness (QED) is 0.519. The molecule has 1 fully saturated rings. The van der Waals surface area contributed by atoms with Gasteiger partial charge in [-0.25, -0.2) is 9.37 Å². The van der Waals surface area contributed by atoms with Gasteiger partial charge in [0.25, 0.3) is 5.56 Å². The second kappa shape index (κ2) is 9.75. The Morgan fingerprint density at radius 3 is 2.43 bits per heavy atom. The van der Waals surface area contributed by atoms with Gasteiger partial charge < -0.3 is 9.80 Å². The maximum atomic E-state index is 13.1. The maximum absolute atomic E-state index is 13.1. The first-order valence-corrected chi connectivity index (χ1v) is 11.2. The minimum absolute atomic E-state index is 0.0815. The van der Waals surface area contributed by atoms with Gasteiger partial charge in [0.1, 0.15) is 5.82 Å². The molecule has 1 atom stereocenters. The molecule has 30 heavy (non-hydrogen) atoms. The van der Waals surface area contributed by atoms with Gasteiger partial charge in [0, 0.05) is 50.9 Å². The molecule has 1 amide bonds. The number of rotatable bonds is 6. The van der Waals surface area contributed by atoms with E-state index in [1.807, 2.05) is 11.8 Å². The van der Waals surface area contributed by atoms with Crippen molar-refractivity contribution in [1.29, 1.82) is 0 Å². The molecule has 2 aromatic rings. The highest BCUT2D eigenvalue weighted by atomic mass is 32.2. The largest absolute Gasteiger partial charge is 0.339 e. The van der Waals surface area contributed by atoms with E-state index in [4.69, 9.17) is 0 Å². The predicted molar refractivity (Wildman–Crippen MR) is 117 cm³/mol. The van der Waals surface area contributed by atoms with Crippen LogP contribution in [0.4, 0.5) is 4.39 Å². The summed E-state index contributed by atoms with van der Waals surface area (Å²) in [5.74, 6) is -0.221. The van der Waals surface area contributed by atoms with Gasteiger partial charge in [-0.3, -0.25) is 14.2 Å². The minimum Gasteiger partial charge on any atom is -0.339 e. The Hall–Kier alpha value is -2.19. The Kier molecular flexibility index (Phi) is 7.31. The highest BCUT2D eigenvalue weighted by Crippen LogP contribution is 2.23. The van der Waals surface area contributed by atoms with Crippen LogP contribution in [0.3, 0.4) is 0 Å². The van der Waals surface area contributed by atoms with Crippen molar-refractivity contribution < 1.29 is 9.18 Å². The van der Waals surface area contributed by atoms with Crippen molar-refractivity contribution >= 4 is 17.7 Å². The van der Waals surface area contributed by atoms with Crippen LogP contribution in [0.25, 0.3) is 0 Å². The van der Waals surface area contributed by atoms with Crippen molar-refractivity contribution in [3.8, 4) is 0 Å². The number of aryl methyl sites for hydroxylation is 1. The molecule has 1 unspecified atom stereocenters. The van der Waals surface area contributed by atoms with Crippen molar-refractivity contribution in [3.63, 3.8) is 0 Å². The lowest BCUT2D eigenvalue weighted by Crippen LogP contribution is -2.50. The van der Waals surface area contributed by atoms with Gasteiger partial charge in [-0.05, 0) is 38.1 Å². The fourth-order valence-electron chi connectivity index (χ4n) is 3.60. The van der Waals surface area contributed by atoms with Gasteiger partial charge in [-0.1, -0.05) is 30.8 Å². The van der Waals surface area contributed by atoms with Gasteiger partial charge in [-0.2, -0.15) is 0 Å². The number of piperazine rings is 1. The lowest BCUT2D eigenvalue weighted by molar-refractivity contribution is -0.132. The predicted octanol–water partition coefficient (Wildman–Crippen LogP) is 2.46. The lowest BCUT2D eigenvalue weighted by atomic mass is 10.1. The average molecular weight is 433 g/mol. The van der Waals surface area contributed by atoms with E-state index in [2.05, 4.69) is 16.8 Å². The summed E-state index contributed by atoms with van der Waals surface area (Å²) >= 11 is 1.32. The molecule has 0 bridgehead atoms. The lowest BCUT2D eigenvalue weighted by Gasteiger charge is -2.35. The molecule has 0 N–H and O–H groups in total. The second-order valence-corrected chi connectivity index (χ2v) is 8.95. The SMILES string of the molecule is CCN1CCN(C(=O)C(C)Sc2nc(C)c(Cc3ccc(F)cc3)c(=O)n2C)CC1. The van der Waals surface area contributed by atoms with Gasteiger partial charge >= 0.3 is 0 Å². The number of nitrogens with zero attached hydrogens (tertiary/aromatic N) is 4. The van der Waals surface area contributed by atoms with Crippen LogP contribution in [0.1, 0.15) is 30.7 Å². The summed E-state index contributed by atoms with van der Waals surface area (Å²) in [6.07, 6.45) is 0.396. The summed E-state index contributed by atoms with van der Waals surface area (Å²) in [4.78, 5) is 34.6. The van der Waals surface area contributed by atoms with Crippen LogP contribution in [-0.4, -0.2) is 63.2 Å². The second-order valence-electron chi connectivity index (χ2n) is 7.65. The highest BCUT2D eigenvalue weighted by molar-refractivity contribution is 8.00. The number of amides is 1. The zero-order valence-corrected chi connectivity index (χ0v) is 18.8. The molecule has 0 spiro atoms. The third-order valence-corrected chi connectivity index (χ3v) is 6.74. The Balaban J connectivity index is 1.73. The summed E-state index contributed by atoms with van der Waals surface area (Å²) in [5.41, 5.74) is 1.95. The van der Waals surface area contributed by atoms with Crippen LogP contribution in [-0.2, 0) is 18.3 Å². The number of likely N-dealkylation sites (N-methyl/N-ethyl adjacent to an activating group) is 1. The molecule has 8 heteroatoms. The molecule has 1 aliphatic rings. The van der Waals surface area contributed by atoms with E-state index in [1.165, 1.54) is 28.5 Å². The van der Waals surface area contributed by atoms with E-state index < -0.39 is 0 Å². The number of aromatic nitrogens is 2. The Bertz CT molecular complexity index is 953. The van der Waals surface area contributed by atoms with Gasteiger partial charge in [0.05, 0.1) is 5.25 Å². The maximum Gasteiger partial charge on any atom is 0.257 e. The first-order chi connectivity index (χ1) is 14.3. The minimum atomic E-state index is -0.321. The van der Waals surface area contributed by atoms with Crippen LogP contribution >= 0.6 is 11.8 Å². The Morgan fingerprint density at radius 1 is 1.20 bits per heavy atom. The van der Waals surface area contributed by atoms with E-state index in [0.717, 1.165) is 38.3 Å². The highest BCUT2D eigenvalue weighted by Gasteiger charge is 2.26. The number of carbonyl (C=O) groups excluding carboxylic acids is 1. The van der Waals surface area contributed by atoms with E-state index in [-0.39, 0.29) is 22.5 Å². The van der Waals surface area contributed by atoms with Gasteiger partial charge in [-0.15, -0.1) is 0 Å². The van der Waals surface area contributed by atoms with Crippen LogP contribution < -0.4 is 5.56 Å². The number of hydrogen-bond donors (Lipinski definition) is 0. The molecule has 0 aliphatic carbocycles. The molecule has 0 saturated carbocycles. The molecule has 3 rings (SSSR count). The fourth-order valence-corrected chi connectivity index (χ4v) is 4.59. The standard InChI is InChI=1S/C22H29FN4O2S/c1-5-26-10-12-27(13-11-26)20(28)16(3)30-22-24-15(2)19(21(29)25(22)4)14-17-6-8-18(23)9-7-17/h6-9,16H,5,10-14H2,1-4H3. The summed E-state index contributed by atoms with van der Waals surface area (Å²) in [6, 6.07) is 6.13.